The van der Waals surface area contributed by atoms with Crippen molar-refractivity contribution in [3.8, 4) is 11.5 Å². The van der Waals surface area contributed by atoms with Gasteiger partial charge in [-0.05, 0) is 36.9 Å². The zero-order valence-electron chi connectivity index (χ0n) is 12.4. The predicted octanol–water partition coefficient (Wildman–Crippen LogP) is 3.39. The van der Waals surface area contributed by atoms with Crippen LogP contribution in [0.25, 0.3) is 11.5 Å². The number of benzene rings is 1. The van der Waals surface area contributed by atoms with Crippen LogP contribution >= 0.6 is 11.8 Å². The largest absolute Gasteiger partial charge is 0.411 e. The third-order valence-electron chi connectivity index (χ3n) is 3.08. The number of non-ortho nitro benzene ring substituents is 1. The fourth-order valence-corrected chi connectivity index (χ4v) is 2.79. The lowest BCUT2D eigenvalue weighted by Gasteiger charge is -2.03. The van der Waals surface area contributed by atoms with Crippen LogP contribution in [-0.2, 0) is 0 Å². The summed E-state index contributed by atoms with van der Waals surface area (Å²) < 4.78 is 5.55. The van der Waals surface area contributed by atoms with E-state index in [0.29, 0.717) is 10.8 Å². The van der Waals surface area contributed by atoms with Crippen molar-refractivity contribution < 1.29 is 14.1 Å². The van der Waals surface area contributed by atoms with Crippen molar-refractivity contribution in [1.29, 1.82) is 0 Å². The molecule has 120 valence electrons. The molecule has 0 N–H and O–H groups in total. The molecule has 2 heterocycles. The minimum atomic E-state index is -0.546. The molecular weight excluding hydrogens is 332 g/mol. The van der Waals surface area contributed by atoms with Crippen LogP contribution in [-0.4, -0.2) is 25.9 Å². The van der Waals surface area contributed by atoms with Gasteiger partial charge < -0.3 is 4.42 Å². The van der Waals surface area contributed by atoms with Gasteiger partial charge in [-0.15, -0.1) is 10.2 Å². The first-order valence-corrected chi connectivity index (χ1v) is 7.57. The Hall–Kier alpha value is -3.07. The highest BCUT2D eigenvalue weighted by Crippen LogP contribution is 2.33. The molecule has 0 spiro atoms. The van der Waals surface area contributed by atoms with E-state index < -0.39 is 4.92 Å². The van der Waals surface area contributed by atoms with Gasteiger partial charge in [-0.3, -0.25) is 19.9 Å². The summed E-state index contributed by atoms with van der Waals surface area (Å²) in [6, 6.07) is 7.53. The lowest BCUT2D eigenvalue weighted by Crippen LogP contribution is -1.98. The number of nitrogens with zero attached hydrogens (tertiary/aromatic N) is 4. The van der Waals surface area contributed by atoms with E-state index in [2.05, 4.69) is 15.2 Å². The van der Waals surface area contributed by atoms with Gasteiger partial charge in [0.05, 0.1) is 4.92 Å². The van der Waals surface area contributed by atoms with Crippen LogP contribution in [0, 0.1) is 10.1 Å². The molecule has 0 aliphatic heterocycles. The SMILES string of the molecule is CC(=O)c1cc([N+](=O)[O-])ccc1Sc1nnc(-c2ccncc2)o1. The molecule has 0 aliphatic carbocycles. The zero-order valence-corrected chi connectivity index (χ0v) is 13.2. The minimum Gasteiger partial charge on any atom is -0.411 e. The summed E-state index contributed by atoms with van der Waals surface area (Å²) in [5, 5.41) is 19.0. The summed E-state index contributed by atoms with van der Waals surface area (Å²) >= 11 is 1.08. The van der Waals surface area contributed by atoms with Crippen LogP contribution in [0.15, 0.2) is 57.3 Å². The first-order valence-electron chi connectivity index (χ1n) is 6.76. The van der Waals surface area contributed by atoms with Gasteiger partial charge in [-0.25, -0.2) is 0 Å². The number of hydrogen-bond acceptors (Lipinski definition) is 8. The lowest BCUT2D eigenvalue weighted by atomic mass is 10.1. The average molecular weight is 342 g/mol. The predicted molar refractivity (Wildman–Crippen MR) is 84.8 cm³/mol. The van der Waals surface area contributed by atoms with E-state index in [1.54, 1.807) is 24.5 Å². The highest BCUT2D eigenvalue weighted by molar-refractivity contribution is 7.99. The second kappa shape index (κ2) is 6.59. The first-order chi connectivity index (χ1) is 11.5. The molecule has 0 radical (unpaired) electrons. The minimum absolute atomic E-state index is 0.146. The Morgan fingerprint density at radius 1 is 1.21 bits per heavy atom. The Balaban J connectivity index is 1.90. The second-order valence-electron chi connectivity index (χ2n) is 4.70. The summed E-state index contributed by atoms with van der Waals surface area (Å²) in [6.45, 7) is 1.35. The van der Waals surface area contributed by atoms with Crippen molar-refractivity contribution in [2.75, 3.05) is 0 Å². The molecule has 3 aromatic rings. The Morgan fingerprint density at radius 3 is 2.62 bits per heavy atom. The summed E-state index contributed by atoms with van der Waals surface area (Å²) in [4.78, 5) is 26.5. The van der Waals surface area contributed by atoms with Crippen LogP contribution in [0.2, 0.25) is 0 Å². The number of ketones is 1. The molecule has 0 fully saturated rings. The Labute approximate surface area is 140 Å². The first kappa shape index (κ1) is 15.8. The number of Topliss-reactive ketones (excluding diaryl/α,β-unsaturated/α-hetero) is 1. The average Bonchev–Trinajstić information content (AvgIpc) is 3.04. The van der Waals surface area contributed by atoms with Gasteiger partial charge in [-0.2, -0.15) is 0 Å². The maximum absolute atomic E-state index is 11.7. The maximum atomic E-state index is 11.7. The zero-order chi connectivity index (χ0) is 17.1. The number of nitro groups is 1. The van der Waals surface area contributed by atoms with E-state index in [-0.39, 0.29) is 22.3 Å². The normalized spacial score (nSPS) is 10.5. The van der Waals surface area contributed by atoms with Gasteiger partial charge in [0, 0.05) is 40.5 Å². The molecule has 0 amide bonds. The maximum Gasteiger partial charge on any atom is 0.281 e. The number of hydrogen-bond donors (Lipinski definition) is 0. The van der Waals surface area contributed by atoms with Crippen LogP contribution in [0.4, 0.5) is 5.69 Å². The molecule has 0 saturated heterocycles. The van der Waals surface area contributed by atoms with E-state index in [9.17, 15) is 14.9 Å². The molecule has 3 rings (SSSR count). The molecule has 8 nitrogen and oxygen atoms in total. The monoisotopic (exact) mass is 342 g/mol. The highest BCUT2D eigenvalue weighted by Gasteiger charge is 2.17. The molecule has 0 bridgehead atoms. The molecule has 24 heavy (non-hydrogen) atoms. The van der Waals surface area contributed by atoms with E-state index >= 15 is 0 Å². The topological polar surface area (TPSA) is 112 Å². The van der Waals surface area contributed by atoms with Crippen molar-refractivity contribution in [2.45, 2.75) is 17.0 Å². The van der Waals surface area contributed by atoms with E-state index in [1.165, 1.54) is 25.1 Å². The van der Waals surface area contributed by atoms with Gasteiger partial charge in [0.15, 0.2) is 5.78 Å². The molecule has 9 heteroatoms. The molecular formula is C15H10N4O4S. The number of nitro benzene ring substituents is 1. The molecule has 0 atom stereocenters. The number of carbonyl (C=O) groups is 1. The number of pyridine rings is 1. The number of carbonyl (C=O) groups excluding carboxylic acids is 1. The third-order valence-corrected chi connectivity index (χ3v) is 4.00. The van der Waals surface area contributed by atoms with Crippen LogP contribution in [0.1, 0.15) is 17.3 Å². The van der Waals surface area contributed by atoms with Crippen molar-refractivity contribution in [3.63, 3.8) is 0 Å². The lowest BCUT2D eigenvalue weighted by molar-refractivity contribution is -0.384. The summed E-state index contributed by atoms with van der Waals surface area (Å²) in [7, 11) is 0. The van der Waals surface area contributed by atoms with E-state index in [1.807, 2.05) is 0 Å². The van der Waals surface area contributed by atoms with Gasteiger partial charge >= 0.3 is 0 Å². The van der Waals surface area contributed by atoms with Gasteiger partial charge in [0.25, 0.3) is 10.9 Å². The van der Waals surface area contributed by atoms with Crippen molar-refractivity contribution >= 4 is 23.2 Å². The molecule has 0 aliphatic rings. The van der Waals surface area contributed by atoms with Crippen molar-refractivity contribution in [1.82, 2.24) is 15.2 Å². The summed E-state index contributed by atoms with van der Waals surface area (Å²) in [5.41, 5.74) is 0.810. The Kier molecular flexibility index (Phi) is 4.34. The van der Waals surface area contributed by atoms with Crippen LogP contribution in [0.3, 0.4) is 0 Å². The number of aromatic nitrogens is 3. The fraction of sp³-hybridized carbons (Fsp3) is 0.0667. The Morgan fingerprint density at radius 2 is 1.96 bits per heavy atom. The summed E-state index contributed by atoms with van der Waals surface area (Å²) in [6.07, 6.45) is 3.22. The number of rotatable bonds is 5. The third kappa shape index (κ3) is 3.30. The molecule has 1 aromatic carbocycles. The van der Waals surface area contributed by atoms with Gasteiger partial charge in [-0.1, -0.05) is 0 Å². The second-order valence-corrected chi connectivity index (χ2v) is 5.70. The fourth-order valence-electron chi connectivity index (χ4n) is 1.95. The van der Waals surface area contributed by atoms with Crippen molar-refractivity contribution in [2.24, 2.45) is 0 Å². The van der Waals surface area contributed by atoms with Crippen molar-refractivity contribution in [3.05, 3.63) is 58.4 Å². The smallest absolute Gasteiger partial charge is 0.281 e. The highest BCUT2D eigenvalue weighted by atomic mass is 32.2. The van der Waals surface area contributed by atoms with E-state index in [0.717, 1.165) is 17.3 Å². The summed E-state index contributed by atoms with van der Waals surface area (Å²) in [5.74, 6) is 0.0428. The molecule has 0 unspecified atom stereocenters. The molecule has 2 aromatic heterocycles. The van der Waals surface area contributed by atoms with Gasteiger partial charge in [0.1, 0.15) is 0 Å². The molecule has 0 saturated carbocycles. The Bertz CT molecular complexity index is 911. The quantitative estimate of drug-likeness (QED) is 0.394. The van der Waals surface area contributed by atoms with Crippen LogP contribution < -0.4 is 0 Å². The van der Waals surface area contributed by atoms with E-state index in [4.69, 9.17) is 4.42 Å². The van der Waals surface area contributed by atoms with Gasteiger partial charge in [0.2, 0.25) is 5.89 Å². The standard InChI is InChI=1S/C15H10N4O4S/c1-9(20)12-8-11(19(21)22)2-3-13(12)24-15-18-17-14(23-15)10-4-6-16-7-5-10/h2-8H,1H3. The van der Waals surface area contributed by atoms with Crippen LogP contribution in [0.5, 0.6) is 0 Å².